The Balaban J connectivity index is 1.88. The first kappa shape index (κ1) is 12.5. The van der Waals surface area contributed by atoms with Crippen LogP contribution in [0.2, 0.25) is 0 Å². The molecule has 2 aliphatic rings. The van der Waals surface area contributed by atoms with Crippen LogP contribution in [0.25, 0.3) is 0 Å². The standard InChI is InChI=1S/C16H20N2O/c1-12-10-14(7-6-13(12)11-17)18-8-9-19-16-5-3-2-4-15(16)18/h6-7,10,15-16H,2-5,8-9H2,1H3. The number of hydrogen-bond acceptors (Lipinski definition) is 3. The van der Waals surface area contributed by atoms with Crippen molar-refractivity contribution in [2.75, 3.05) is 18.1 Å². The van der Waals surface area contributed by atoms with Crippen LogP contribution in [0.15, 0.2) is 18.2 Å². The van der Waals surface area contributed by atoms with Gasteiger partial charge in [0.1, 0.15) is 0 Å². The summed E-state index contributed by atoms with van der Waals surface area (Å²) in [6.07, 6.45) is 5.41. The molecule has 0 spiro atoms. The van der Waals surface area contributed by atoms with Crippen molar-refractivity contribution in [1.82, 2.24) is 0 Å². The predicted molar refractivity (Wildman–Crippen MR) is 75.2 cm³/mol. The van der Waals surface area contributed by atoms with Gasteiger partial charge in [0.15, 0.2) is 0 Å². The first-order valence-corrected chi connectivity index (χ1v) is 7.18. The number of ether oxygens (including phenoxy) is 1. The fourth-order valence-corrected chi connectivity index (χ4v) is 3.37. The van der Waals surface area contributed by atoms with E-state index in [1.54, 1.807) is 0 Å². The van der Waals surface area contributed by atoms with Crippen LogP contribution in [0.5, 0.6) is 0 Å². The molecule has 0 radical (unpaired) electrons. The molecule has 1 saturated heterocycles. The molecule has 1 aromatic carbocycles. The zero-order valence-electron chi connectivity index (χ0n) is 11.4. The van der Waals surface area contributed by atoms with E-state index in [0.29, 0.717) is 12.1 Å². The maximum Gasteiger partial charge on any atom is 0.0994 e. The molecule has 0 N–H and O–H groups in total. The van der Waals surface area contributed by atoms with E-state index in [-0.39, 0.29) is 0 Å². The maximum atomic E-state index is 9.02. The van der Waals surface area contributed by atoms with Gasteiger partial charge in [0.2, 0.25) is 0 Å². The number of aryl methyl sites for hydroxylation is 1. The monoisotopic (exact) mass is 256 g/mol. The topological polar surface area (TPSA) is 36.3 Å². The summed E-state index contributed by atoms with van der Waals surface area (Å²) in [6.45, 7) is 3.80. The van der Waals surface area contributed by atoms with E-state index < -0.39 is 0 Å². The Hall–Kier alpha value is -1.53. The van der Waals surface area contributed by atoms with E-state index in [9.17, 15) is 0 Å². The Morgan fingerprint density at radius 3 is 2.95 bits per heavy atom. The van der Waals surface area contributed by atoms with Gasteiger partial charge in [0.25, 0.3) is 0 Å². The van der Waals surface area contributed by atoms with Gasteiger partial charge in [0, 0.05) is 12.2 Å². The molecule has 1 aliphatic heterocycles. The summed E-state index contributed by atoms with van der Waals surface area (Å²) < 4.78 is 5.91. The van der Waals surface area contributed by atoms with Gasteiger partial charge < -0.3 is 9.64 Å². The fraction of sp³-hybridized carbons (Fsp3) is 0.562. The molecular weight excluding hydrogens is 236 g/mol. The molecular formula is C16H20N2O. The fourth-order valence-electron chi connectivity index (χ4n) is 3.37. The van der Waals surface area contributed by atoms with Crippen molar-refractivity contribution < 1.29 is 4.74 Å². The second-order valence-electron chi connectivity index (χ2n) is 5.57. The number of nitrogens with zero attached hydrogens (tertiary/aromatic N) is 2. The lowest BCUT2D eigenvalue weighted by Gasteiger charge is -2.45. The Bertz CT molecular complexity index is 504. The van der Waals surface area contributed by atoms with Gasteiger partial charge in [-0.3, -0.25) is 0 Å². The molecule has 100 valence electrons. The lowest BCUT2D eigenvalue weighted by molar-refractivity contribution is -0.00868. The first-order chi connectivity index (χ1) is 9.29. The second-order valence-corrected chi connectivity index (χ2v) is 5.57. The maximum absolute atomic E-state index is 9.02. The quantitative estimate of drug-likeness (QED) is 0.775. The SMILES string of the molecule is Cc1cc(N2CCOC3CCCCC32)ccc1C#N. The minimum Gasteiger partial charge on any atom is -0.374 e. The van der Waals surface area contributed by atoms with Crippen LogP contribution < -0.4 is 4.90 Å². The van der Waals surface area contributed by atoms with E-state index in [1.807, 2.05) is 13.0 Å². The number of nitriles is 1. The Labute approximate surface area is 114 Å². The molecule has 2 unspecified atom stereocenters. The second kappa shape index (κ2) is 5.22. The summed E-state index contributed by atoms with van der Waals surface area (Å²) in [7, 11) is 0. The zero-order valence-corrected chi connectivity index (χ0v) is 11.4. The Morgan fingerprint density at radius 2 is 2.16 bits per heavy atom. The van der Waals surface area contributed by atoms with Gasteiger partial charge in [-0.15, -0.1) is 0 Å². The normalized spacial score (nSPS) is 26.6. The van der Waals surface area contributed by atoms with Gasteiger partial charge >= 0.3 is 0 Å². The summed E-state index contributed by atoms with van der Waals surface area (Å²) in [5.41, 5.74) is 3.09. The van der Waals surface area contributed by atoms with Crippen LogP contribution in [0.4, 0.5) is 5.69 Å². The van der Waals surface area contributed by atoms with Crippen LogP contribution in [-0.4, -0.2) is 25.3 Å². The average molecular weight is 256 g/mol. The molecule has 1 aliphatic carbocycles. The van der Waals surface area contributed by atoms with E-state index >= 15 is 0 Å². The predicted octanol–water partition coefficient (Wildman–Crippen LogP) is 3.01. The molecule has 0 bridgehead atoms. The van der Waals surface area contributed by atoms with Crippen molar-refractivity contribution in [3.8, 4) is 6.07 Å². The minimum atomic E-state index is 0.401. The third kappa shape index (κ3) is 2.33. The molecule has 0 aromatic heterocycles. The third-order valence-corrected chi connectivity index (χ3v) is 4.39. The van der Waals surface area contributed by atoms with Crippen molar-refractivity contribution in [2.45, 2.75) is 44.8 Å². The molecule has 0 amide bonds. The van der Waals surface area contributed by atoms with Crippen LogP contribution in [0, 0.1) is 18.3 Å². The first-order valence-electron chi connectivity index (χ1n) is 7.18. The number of anilines is 1. The Kier molecular flexibility index (Phi) is 3.44. The largest absolute Gasteiger partial charge is 0.374 e. The van der Waals surface area contributed by atoms with Gasteiger partial charge in [-0.25, -0.2) is 0 Å². The highest BCUT2D eigenvalue weighted by molar-refractivity contribution is 5.54. The summed E-state index contributed by atoms with van der Waals surface area (Å²) in [6, 6.07) is 8.94. The van der Waals surface area contributed by atoms with Crippen LogP contribution >= 0.6 is 0 Å². The minimum absolute atomic E-state index is 0.401. The molecule has 3 rings (SSSR count). The molecule has 3 nitrogen and oxygen atoms in total. The van der Waals surface area contributed by atoms with Gasteiger partial charge in [-0.2, -0.15) is 5.26 Å². The summed E-state index contributed by atoms with van der Waals surface area (Å²) in [4.78, 5) is 2.49. The number of hydrogen-bond donors (Lipinski definition) is 0. The van der Waals surface area contributed by atoms with Crippen LogP contribution in [0.1, 0.15) is 36.8 Å². The van der Waals surface area contributed by atoms with Crippen LogP contribution in [-0.2, 0) is 4.74 Å². The summed E-state index contributed by atoms with van der Waals surface area (Å²) >= 11 is 0. The smallest absolute Gasteiger partial charge is 0.0994 e. The number of morpholine rings is 1. The van der Waals surface area contributed by atoms with Gasteiger partial charge in [0.05, 0.1) is 30.4 Å². The highest BCUT2D eigenvalue weighted by atomic mass is 16.5. The van der Waals surface area contributed by atoms with E-state index in [2.05, 4.69) is 23.1 Å². The average Bonchev–Trinajstić information content (AvgIpc) is 2.46. The third-order valence-electron chi connectivity index (χ3n) is 4.39. The van der Waals surface area contributed by atoms with E-state index in [4.69, 9.17) is 10.00 Å². The van der Waals surface area contributed by atoms with E-state index in [1.165, 1.54) is 31.4 Å². The van der Waals surface area contributed by atoms with E-state index in [0.717, 1.165) is 24.3 Å². The molecule has 2 atom stereocenters. The molecule has 19 heavy (non-hydrogen) atoms. The number of rotatable bonds is 1. The van der Waals surface area contributed by atoms with Crippen molar-refractivity contribution in [2.24, 2.45) is 0 Å². The van der Waals surface area contributed by atoms with Crippen molar-refractivity contribution in [3.05, 3.63) is 29.3 Å². The molecule has 2 fully saturated rings. The molecule has 3 heteroatoms. The van der Waals surface area contributed by atoms with Crippen molar-refractivity contribution in [3.63, 3.8) is 0 Å². The number of benzene rings is 1. The van der Waals surface area contributed by atoms with Gasteiger partial charge in [-0.1, -0.05) is 12.8 Å². The molecule has 1 saturated carbocycles. The lowest BCUT2D eigenvalue weighted by atomic mass is 9.89. The van der Waals surface area contributed by atoms with Crippen LogP contribution in [0.3, 0.4) is 0 Å². The highest BCUT2D eigenvalue weighted by Crippen LogP contribution is 2.32. The lowest BCUT2D eigenvalue weighted by Crippen LogP contribution is -2.52. The van der Waals surface area contributed by atoms with Crippen molar-refractivity contribution in [1.29, 1.82) is 5.26 Å². The molecule has 1 heterocycles. The highest BCUT2D eigenvalue weighted by Gasteiger charge is 2.34. The molecule has 1 aromatic rings. The van der Waals surface area contributed by atoms with Crippen molar-refractivity contribution >= 4 is 5.69 Å². The number of fused-ring (bicyclic) bond motifs is 1. The Morgan fingerprint density at radius 1 is 1.32 bits per heavy atom. The summed E-state index contributed by atoms with van der Waals surface area (Å²) in [5.74, 6) is 0. The van der Waals surface area contributed by atoms with Gasteiger partial charge in [-0.05, 0) is 43.5 Å². The summed E-state index contributed by atoms with van der Waals surface area (Å²) in [5, 5.41) is 9.02. The zero-order chi connectivity index (χ0) is 13.2.